The summed E-state index contributed by atoms with van der Waals surface area (Å²) in [6.07, 6.45) is 0. The zero-order chi connectivity index (χ0) is 19.6. The average Bonchev–Trinajstić information content (AvgIpc) is 2.64. The number of nitrogens with one attached hydrogen (secondary N) is 3. The van der Waals surface area contributed by atoms with Crippen LogP contribution in [0.25, 0.3) is 0 Å². The van der Waals surface area contributed by atoms with Crippen molar-refractivity contribution in [1.82, 2.24) is 10.6 Å². The number of aryl methyl sites for hydroxylation is 1. The van der Waals surface area contributed by atoms with Gasteiger partial charge in [0.2, 0.25) is 5.91 Å². The maximum absolute atomic E-state index is 13.0. The summed E-state index contributed by atoms with van der Waals surface area (Å²) >= 11 is 6.13. The molecule has 1 heterocycles. The first-order valence-corrected chi connectivity index (χ1v) is 8.74. The fourth-order valence-corrected chi connectivity index (χ4v) is 3.15. The minimum atomic E-state index is -0.698. The summed E-state index contributed by atoms with van der Waals surface area (Å²) in [6.45, 7) is 5.75. The van der Waals surface area contributed by atoms with E-state index >= 15 is 0 Å². The van der Waals surface area contributed by atoms with Crippen molar-refractivity contribution >= 4 is 29.2 Å². The molecule has 0 spiro atoms. The first-order valence-electron chi connectivity index (χ1n) is 8.36. The van der Waals surface area contributed by atoms with Gasteiger partial charge in [0.15, 0.2) is 0 Å². The standard InChI is InChI=1S/C20H20ClN3O3/c1-11-4-7-14(10-16(11)21)23-19(25)17-12(2)22-20(26)24-18(17)13-5-8-15(27-3)9-6-13/h4-10,17-18H,2H2,1,3H3,(H,23,25)(H2,22,24,26)/t17-,18+/m1/s1. The highest BCUT2D eigenvalue weighted by molar-refractivity contribution is 6.31. The Kier molecular flexibility index (Phi) is 5.37. The number of carbonyl (C=O) groups excluding carboxylic acids is 2. The average molecular weight is 386 g/mol. The maximum Gasteiger partial charge on any atom is 0.319 e. The Bertz CT molecular complexity index is 896. The molecule has 1 aliphatic heterocycles. The fraction of sp³-hybridized carbons (Fsp3) is 0.200. The largest absolute Gasteiger partial charge is 0.497 e. The third-order valence-corrected chi connectivity index (χ3v) is 4.87. The SMILES string of the molecule is C=C1NC(=O)N[C@@H](c2ccc(OC)cc2)[C@@H]1C(=O)Nc1ccc(C)c(Cl)c1. The molecule has 2 aromatic rings. The van der Waals surface area contributed by atoms with Gasteiger partial charge >= 0.3 is 6.03 Å². The van der Waals surface area contributed by atoms with Gasteiger partial charge in [-0.1, -0.05) is 36.4 Å². The van der Waals surface area contributed by atoms with E-state index in [-0.39, 0.29) is 5.91 Å². The number of methoxy groups -OCH3 is 1. The highest BCUT2D eigenvalue weighted by atomic mass is 35.5. The van der Waals surface area contributed by atoms with E-state index in [0.29, 0.717) is 22.2 Å². The van der Waals surface area contributed by atoms with E-state index in [1.165, 1.54) is 0 Å². The summed E-state index contributed by atoms with van der Waals surface area (Å²) < 4.78 is 5.16. The van der Waals surface area contributed by atoms with Crippen LogP contribution in [0.3, 0.4) is 0 Å². The molecule has 7 heteroatoms. The predicted octanol–water partition coefficient (Wildman–Crippen LogP) is 3.78. The lowest BCUT2D eigenvalue weighted by Crippen LogP contribution is -2.51. The topological polar surface area (TPSA) is 79.5 Å². The minimum absolute atomic E-state index is 0.298. The van der Waals surface area contributed by atoms with Crippen LogP contribution in [-0.4, -0.2) is 19.0 Å². The van der Waals surface area contributed by atoms with Crippen LogP contribution in [0.5, 0.6) is 5.75 Å². The zero-order valence-corrected chi connectivity index (χ0v) is 15.8. The van der Waals surface area contributed by atoms with Crippen LogP contribution in [0.15, 0.2) is 54.7 Å². The normalized spacial score (nSPS) is 19.1. The molecule has 140 valence electrons. The molecule has 27 heavy (non-hydrogen) atoms. The number of hydrogen-bond acceptors (Lipinski definition) is 3. The number of urea groups is 1. The Morgan fingerprint density at radius 2 is 1.93 bits per heavy atom. The van der Waals surface area contributed by atoms with E-state index in [1.807, 2.05) is 25.1 Å². The molecule has 2 atom stereocenters. The van der Waals surface area contributed by atoms with Crippen LogP contribution in [0.2, 0.25) is 5.02 Å². The Morgan fingerprint density at radius 1 is 1.22 bits per heavy atom. The van der Waals surface area contributed by atoms with Crippen LogP contribution in [0, 0.1) is 12.8 Å². The maximum atomic E-state index is 13.0. The van der Waals surface area contributed by atoms with Gasteiger partial charge < -0.3 is 20.7 Å². The van der Waals surface area contributed by atoms with E-state index in [4.69, 9.17) is 16.3 Å². The van der Waals surface area contributed by atoms with Crippen molar-refractivity contribution in [3.05, 3.63) is 70.9 Å². The minimum Gasteiger partial charge on any atom is -0.497 e. The molecule has 3 rings (SSSR count). The lowest BCUT2D eigenvalue weighted by molar-refractivity contribution is -0.119. The number of rotatable bonds is 4. The Balaban J connectivity index is 1.88. The molecule has 0 aliphatic carbocycles. The molecular formula is C20H20ClN3O3. The zero-order valence-electron chi connectivity index (χ0n) is 15.0. The van der Waals surface area contributed by atoms with E-state index in [9.17, 15) is 9.59 Å². The lowest BCUT2D eigenvalue weighted by atomic mass is 9.88. The van der Waals surface area contributed by atoms with Crippen LogP contribution < -0.4 is 20.7 Å². The summed E-state index contributed by atoms with van der Waals surface area (Å²) in [5.41, 5.74) is 2.60. The fourth-order valence-electron chi connectivity index (χ4n) is 2.97. The predicted molar refractivity (Wildman–Crippen MR) is 105 cm³/mol. The number of benzene rings is 2. The van der Waals surface area contributed by atoms with Gasteiger partial charge in [0.05, 0.1) is 13.2 Å². The van der Waals surface area contributed by atoms with Gasteiger partial charge in [0, 0.05) is 16.4 Å². The second-order valence-corrected chi connectivity index (χ2v) is 6.71. The Labute approximate surface area is 162 Å². The van der Waals surface area contributed by atoms with E-state index in [1.54, 1.807) is 31.4 Å². The monoisotopic (exact) mass is 385 g/mol. The van der Waals surface area contributed by atoms with Crippen LogP contribution in [-0.2, 0) is 4.79 Å². The summed E-state index contributed by atoms with van der Waals surface area (Å²) in [6, 6.07) is 11.5. The molecule has 2 aromatic carbocycles. The van der Waals surface area contributed by atoms with E-state index < -0.39 is 18.0 Å². The molecule has 0 unspecified atom stereocenters. The van der Waals surface area contributed by atoms with Crippen molar-refractivity contribution in [3.63, 3.8) is 0 Å². The molecule has 0 aromatic heterocycles. The molecule has 1 fully saturated rings. The van der Waals surface area contributed by atoms with Crippen LogP contribution in [0.4, 0.5) is 10.5 Å². The lowest BCUT2D eigenvalue weighted by Gasteiger charge is -2.34. The van der Waals surface area contributed by atoms with Crippen molar-refractivity contribution < 1.29 is 14.3 Å². The first-order chi connectivity index (χ1) is 12.9. The van der Waals surface area contributed by atoms with Crippen molar-refractivity contribution in [2.45, 2.75) is 13.0 Å². The molecular weight excluding hydrogens is 366 g/mol. The highest BCUT2D eigenvalue weighted by Crippen LogP contribution is 2.31. The number of carbonyl (C=O) groups is 2. The number of amides is 3. The Morgan fingerprint density at radius 3 is 2.56 bits per heavy atom. The third-order valence-electron chi connectivity index (χ3n) is 4.47. The molecule has 1 aliphatic rings. The van der Waals surface area contributed by atoms with Gasteiger partial charge in [-0.2, -0.15) is 0 Å². The number of anilines is 1. The molecule has 0 saturated carbocycles. The summed E-state index contributed by atoms with van der Waals surface area (Å²) in [4.78, 5) is 24.9. The smallest absolute Gasteiger partial charge is 0.319 e. The van der Waals surface area contributed by atoms with E-state index in [0.717, 1.165) is 11.1 Å². The quantitative estimate of drug-likeness (QED) is 0.749. The number of halogens is 1. The summed E-state index contributed by atoms with van der Waals surface area (Å²) in [7, 11) is 1.58. The second-order valence-electron chi connectivity index (χ2n) is 6.31. The number of ether oxygens (including phenoxy) is 1. The molecule has 0 bridgehead atoms. The van der Waals surface area contributed by atoms with Crippen molar-refractivity contribution in [2.24, 2.45) is 5.92 Å². The summed E-state index contributed by atoms with van der Waals surface area (Å²) in [5.74, 6) is -0.308. The number of hydrogen-bond donors (Lipinski definition) is 3. The molecule has 6 nitrogen and oxygen atoms in total. The van der Waals surface area contributed by atoms with Crippen LogP contribution >= 0.6 is 11.6 Å². The molecule has 1 saturated heterocycles. The molecule has 0 radical (unpaired) electrons. The van der Waals surface area contributed by atoms with Gasteiger partial charge in [-0.15, -0.1) is 0 Å². The third kappa shape index (κ3) is 4.06. The van der Waals surface area contributed by atoms with Crippen molar-refractivity contribution in [1.29, 1.82) is 0 Å². The van der Waals surface area contributed by atoms with E-state index in [2.05, 4.69) is 22.5 Å². The summed E-state index contributed by atoms with van der Waals surface area (Å²) in [5, 5.41) is 8.79. The van der Waals surface area contributed by atoms with Crippen LogP contribution in [0.1, 0.15) is 17.2 Å². The van der Waals surface area contributed by atoms with Crippen molar-refractivity contribution in [2.75, 3.05) is 12.4 Å². The highest BCUT2D eigenvalue weighted by Gasteiger charge is 2.37. The first kappa shape index (κ1) is 18.8. The van der Waals surface area contributed by atoms with Crippen molar-refractivity contribution in [3.8, 4) is 5.75 Å². The van der Waals surface area contributed by atoms with Gasteiger partial charge in [0.25, 0.3) is 0 Å². The van der Waals surface area contributed by atoms with Gasteiger partial charge in [-0.3, -0.25) is 4.79 Å². The second kappa shape index (κ2) is 7.72. The van der Waals surface area contributed by atoms with Gasteiger partial charge in [0.1, 0.15) is 11.7 Å². The molecule has 3 N–H and O–H groups in total. The van der Waals surface area contributed by atoms with Gasteiger partial charge in [-0.05, 0) is 42.3 Å². The van der Waals surface area contributed by atoms with Gasteiger partial charge in [-0.25, -0.2) is 4.79 Å². The Hall–Kier alpha value is -2.99. The molecule has 3 amide bonds.